The maximum atomic E-state index is 12.3. The molecule has 0 radical (unpaired) electrons. The summed E-state index contributed by atoms with van der Waals surface area (Å²) in [5, 5.41) is 9.78. The van der Waals surface area contributed by atoms with Crippen LogP contribution in [0.4, 0.5) is 11.5 Å². The SMILES string of the molecule is Cc1cc(NC(=O)C(C)Nc2ccc3c(c2)Cc2ccccc2-3)no1. The smallest absolute Gasteiger partial charge is 0.247 e. The summed E-state index contributed by atoms with van der Waals surface area (Å²) in [7, 11) is 0. The molecule has 5 nitrogen and oxygen atoms in total. The van der Waals surface area contributed by atoms with E-state index >= 15 is 0 Å². The third-order valence-corrected chi connectivity index (χ3v) is 4.45. The largest absolute Gasteiger partial charge is 0.374 e. The van der Waals surface area contributed by atoms with Gasteiger partial charge < -0.3 is 15.2 Å². The summed E-state index contributed by atoms with van der Waals surface area (Å²) in [4.78, 5) is 12.3. The summed E-state index contributed by atoms with van der Waals surface area (Å²) in [5.74, 6) is 0.937. The second-order valence-electron chi connectivity index (χ2n) is 6.38. The zero-order chi connectivity index (χ0) is 17.4. The topological polar surface area (TPSA) is 67.2 Å². The van der Waals surface area contributed by atoms with E-state index in [1.54, 1.807) is 13.0 Å². The second-order valence-corrected chi connectivity index (χ2v) is 6.38. The van der Waals surface area contributed by atoms with E-state index in [4.69, 9.17) is 4.52 Å². The minimum absolute atomic E-state index is 0.155. The highest BCUT2D eigenvalue weighted by Crippen LogP contribution is 2.37. The molecule has 1 unspecified atom stereocenters. The number of hydrogen-bond donors (Lipinski definition) is 2. The normalized spacial score (nSPS) is 13.0. The summed E-state index contributed by atoms with van der Waals surface area (Å²) in [5.41, 5.74) is 6.14. The van der Waals surface area contributed by atoms with Crippen molar-refractivity contribution in [3.8, 4) is 11.1 Å². The number of amides is 1. The molecule has 1 atom stereocenters. The first kappa shape index (κ1) is 15.4. The Morgan fingerprint density at radius 2 is 1.92 bits per heavy atom. The third-order valence-electron chi connectivity index (χ3n) is 4.45. The molecule has 1 heterocycles. The van der Waals surface area contributed by atoms with Gasteiger partial charge in [0.25, 0.3) is 0 Å². The molecule has 0 fully saturated rings. The van der Waals surface area contributed by atoms with E-state index in [1.807, 2.05) is 13.0 Å². The van der Waals surface area contributed by atoms with Crippen molar-refractivity contribution in [3.63, 3.8) is 0 Å². The summed E-state index contributed by atoms with van der Waals surface area (Å²) in [6.45, 7) is 3.61. The fourth-order valence-electron chi connectivity index (χ4n) is 3.21. The number of anilines is 2. The molecule has 0 bridgehead atoms. The number of nitrogens with zero attached hydrogens (tertiary/aromatic N) is 1. The van der Waals surface area contributed by atoms with Crippen molar-refractivity contribution < 1.29 is 9.32 Å². The van der Waals surface area contributed by atoms with Gasteiger partial charge in [0.1, 0.15) is 11.8 Å². The van der Waals surface area contributed by atoms with Crippen molar-refractivity contribution in [2.75, 3.05) is 10.6 Å². The Hall–Kier alpha value is -3.08. The standard InChI is InChI=1S/C20H19N3O2/c1-12-9-19(23-25-12)22-20(24)13(2)21-16-7-8-18-15(11-16)10-14-5-3-4-6-17(14)18/h3-9,11,13,21H,10H2,1-2H3,(H,22,23,24). The molecule has 3 aromatic rings. The van der Waals surface area contributed by atoms with Gasteiger partial charge in [0.05, 0.1) is 0 Å². The molecule has 0 spiro atoms. The number of aromatic nitrogens is 1. The van der Waals surface area contributed by atoms with Crippen LogP contribution in [0.3, 0.4) is 0 Å². The number of carbonyl (C=O) groups is 1. The van der Waals surface area contributed by atoms with Crippen molar-refractivity contribution >= 4 is 17.4 Å². The first-order chi connectivity index (χ1) is 12.1. The van der Waals surface area contributed by atoms with Crippen LogP contribution in [0.15, 0.2) is 53.1 Å². The molecule has 2 aromatic carbocycles. The lowest BCUT2D eigenvalue weighted by Gasteiger charge is -2.15. The van der Waals surface area contributed by atoms with Gasteiger partial charge in [-0.3, -0.25) is 4.79 Å². The minimum atomic E-state index is -0.390. The zero-order valence-corrected chi connectivity index (χ0v) is 14.2. The summed E-state index contributed by atoms with van der Waals surface area (Å²) < 4.78 is 4.96. The van der Waals surface area contributed by atoms with E-state index in [0.29, 0.717) is 11.6 Å². The molecule has 1 amide bonds. The quantitative estimate of drug-likeness (QED) is 0.592. The molecule has 1 aromatic heterocycles. The number of rotatable bonds is 4. The molecule has 0 aliphatic heterocycles. The van der Waals surface area contributed by atoms with E-state index in [9.17, 15) is 4.79 Å². The maximum absolute atomic E-state index is 12.3. The Morgan fingerprint density at radius 1 is 1.12 bits per heavy atom. The van der Waals surface area contributed by atoms with E-state index in [1.165, 1.54) is 22.3 Å². The molecule has 2 N–H and O–H groups in total. The number of fused-ring (bicyclic) bond motifs is 3. The van der Waals surface area contributed by atoms with Gasteiger partial charge in [-0.15, -0.1) is 0 Å². The second kappa shape index (κ2) is 6.09. The van der Waals surface area contributed by atoms with Crippen molar-refractivity contribution in [2.45, 2.75) is 26.3 Å². The highest BCUT2D eigenvalue weighted by atomic mass is 16.5. The predicted octanol–water partition coefficient (Wildman–Crippen LogP) is 3.99. The van der Waals surface area contributed by atoms with Crippen LogP contribution in [0.1, 0.15) is 23.8 Å². The van der Waals surface area contributed by atoms with E-state index in [-0.39, 0.29) is 11.9 Å². The van der Waals surface area contributed by atoms with Crippen LogP contribution in [-0.4, -0.2) is 17.1 Å². The maximum Gasteiger partial charge on any atom is 0.247 e. The van der Waals surface area contributed by atoms with Crippen LogP contribution in [0.25, 0.3) is 11.1 Å². The van der Waals surface area contributed by atoms with Gasteiger partial charge in [0, 0.05) is 11.8 Å². The lowest BCUT2D eigenvalue weighted by Crippen LogP contribution is -2.32. The molecule has 1 aliphatic carbocycles. The molecule has 126 valence electrons. The fourth-order valence-corrected chi connectivity index (χ4v) is 3.21. The van der Waals surface area contributed by atoms with Crippen LogP contribution in [0.2, 0.25) is 0 Å². The number of carbonyl (C=O) groups excluding carboxylic acids is 1. The molecular formula is C20H19N3O2. The van der Waals surface area contributed by atoms with Crippen molar-refractivity contribution in [1.82, 2.24) is 5.16 Å². The fraction of sp³-hybridized carbons (Fsp3) is 0.200. The highest BCUT2D eigenvalue weighted by Gasteiger charge is 2.19. The van der Waals surface area contributed by atoms with Gasteiger partial charge in [0.15, 0.2) is 5.82 Å². The van der Waals surface area contributed by atoms with Gasteiger partial charge in [-0.2, -0.15) is 0 Å². The number of aryl methyl sites for hydroxylation is 1. The highest BCUT2D eigenvalue weighted by molar-refractivity contribution is 5.95. The lowest BCUT2D eigenvalue weighted by atomic mass is 10.1. The summed E-state index contributed by atoms with van der Waals surface area (Å²) >= 11 is 0. The van der Waals surface area contributed by atoms with Gasteiger partial charge in [-0.05, 0) is 54.7 Å². The first-order valence-corrected chi connectivity index (χ1v) is 8.32. The molecule has 5 heteroatoms. The average molecular weight is 333 g/mol. The third kappa shape index (κ3) is 3.01. The molecule has 0 saturated heterocycles. The van der Waals surface area contributed by atoms with Crippen LogP contribution in [0.5, 0.6) is 0 Å². The predicted molar refractivity (Wildman–Crippen MR) is 97.6 cm³/mol. The monoisotopic (exact) mass is 333 g/mol. The van der Waals surface area contributed by atoms with Crippen molar-refractivity contribution in [2.24, 2.45) is 0 Å². The Bertz CT molecular complexity index is 946. The van der Waals surface area contributed by atoms with Crippen molar-refractivity contribution in [3.05, 3.63) is 65.4 Å². The van der Waals surface area contributed by atoms with E-state index in [0.717, 1.165) is 12.1 Å². The van der Waals surface area contributed by atoms with Gasteiger partial charge in [0.2, 0.25) is 5.91 Å². The lowest BCUT2D eigenvalue weighted by molar-refractivity contribution is -0.116. The minimum Gasteiger partial charge on any atom is -0.374 e. The molecule has 0 saturated carbocycles. The number of benzene rings is 2. The van der Waals surface area contributed by atoms with E-state index < -0.39 is 0 Å². The Balaban J connectivity index is 1.46. The zero-order valence-electron chi connectivity index (χ0n) is 14.2. The van der Waals surface area contributed by atoms with Gasteiger partial charge >= 0.3 is 0 Å². The summed E-state index contributed by atoms with van der Waals surface area (Å²) in [6, 6.07) is 16.0. The van der Waals surface area contributed by atoms with Crippen LogP contribution in [-0.2, 0) is 11.2 Å². The first-order valence-electron chi connectivity index (χ1n) is 8.32. The summed E-state index contributed by atoms with van der Waals surface area (Å²) in [6.07, 6.45) is 0.930. The molecule has 25 heavy (non-hydrogen) atoms. The Labute approximate surface area is 146 Å². The van der Waals surface area contributed by atoms with Crippen LogP contribution in [0, 0.1) is 6.92 Å². The van der Waals surface area contributed by atoms with Crippen LogP contribution < -0.4 is 10.6 Å². The van der Waals surface area contributed by atoms with E-state index in [2.05, 4.69) is 52.2 Å². The van der Waals surface area contributed by atoms with Crippen molar-refractivity contribution in [1.29, 1.82) is 0 Å². The molecular weight excluding hydrogens is 314 g/mol. The van der Waals surface area contributed by atoms with Gasteiger partial charge in [-0.1, -0.05) is 35.5 Å². The van der Waals surface area contributed by atoms with Gasteiger partial charge in [-0.25, -0.2) is 0 Å². The molecule has 4 rings (SSSR count). The van der Waals surface area contributed by atoms with Crippen LogP contribution >= 0.6 is 0 Å². The molecule has 1 aliphatic rings. The number of hydrogen-bond acceptors (Lipinski definition) is 4. The number of nitrogens with one attached hydrogen (secondary N) is 2. The Kier molecular flexibility index (Phi) is 3.76. The Morgan fingerprint density at radius 3 is 2.72 bits per heavy atom. The average Bonchev–Trinajstić information content (AvgIpc) is 3.17.